The fraction of sp³-hybridized carbons (Fsp3) is 0.0741. The summed E-state index contributed by atoms with van der Waals surface area (Å²) in [4.78, 5) is 31.6. The first kappa shape index (κ1) is 20.5. The molecule has 6 nitrogen and oxygen atoms in total. The van der Waals surface area contributed by atoms with Crippen LogP contribution in [0.4, 0.5) is 11.4 Å². The van der Waals surface area contributed by atoms with Crippen LogP contribution >= 0.6 is 0 Å². The Balaban J connectivity index is 1.30. The van der Waals surface area contributed by atoms with Crippen LogP contribution in [0, 0.1) is 0 Å². The Morgan fingerprint density at radius 3 is 2.48 bits per heavy atom. The van der Waals surface area contributed by atoms with Gasteiger partial charge in [-0.15, -0.1) is 0 Å². The summed E-state index contributed by atoms with van der Waals surface area (Å²) in [5.41, 5.74) is 12.3. The van der Waals surface area contributed by atoms with Gasteiger partial charge in [0.15, 0.2) is 0 Å². The maximum absolute atomic E-state index is 13.0. The molecule has 2 heterocycles. The first-order valence-corrected chi connectivity index (χ1v) is 10.7. The van der Waals surface area contributed by atoms with Crippen molar-refractivity contribution in [3.05, 3.63) is 114 Å². The van der Waals surface area contributed by atoms with Crippen molar-refractivity contribution in [2.24, 2.45) is 0 Å². The molecule has 0 unspecified atom stereocenters. The highest BCUT2D eigenvalue weighted by atomic mass is 16.2. The van der Waals surface area contributed by atoms with Crippen molar-refractivity contribution in [3.63, 3.8) is 0 Å². The quantitative estimate of drug-likeness (QED) is 0.444. The molecule has 4 aromatic rings. The number of benzene rings is 3. The zero-order valence-corrected chi connectivity index (χ0v) is 17.9. The van der Waals surface area contributed by atoms with Crippen LogP contribution in [-0.4, -0.2) is 21.7 Å². The number of fused-ring (bicyclic) bond motifs is 1. The molecule has 33 heavy (non-hydrogen) atoms. The molecule has 0 bridgehead atoms. The third kappa shape index (κ3) is 4.06. The minimum Gasteiger partial charge on any atom is -0.397 e. The number of hydrogen-bond donors (Lipinski definition) is 2. The average molecular weight is 434 g/mol. The van der Waals surface area contributed by atoms with Crippen molar-refractivity contribution >= 4 is 23.2 Å². The average Bonchev–Trinajstić information content (AvgIpc) is 3.17. The molecule has 0 radical (unpaired) electrons. The predicted octanol–water partition coefficient (Wildman–Crippen LogP) is 4.74. The molecule has 2 amide bonds. The van der Waals surface area contributed by atoms with Gasteiger partial charge in [-0.05, 0) is 53.1 Å². The van der Waals surface area contributed by atoms with E-state index in [1.165, 1.54) is 0 Å². The summed E-state index contributed by atoms with van der Waals surface area (Å²) in [6, 6.07) is 24.1. The summed E-state index contributed by atoms with van der Waals surface area (Å²) in [7, 11) is 0. The molecule has 0 saturated heterocycles. The van der Waals surface area contributed by atoms with Crippen LogP contribution < -0.4 is 11.1 Å². The molecule has 0 spiro atoms. The van der Waals surface area contributed by atoms with Gasteiger partial charge in [0.05, 0.1) is 11.4 Å². The second-order valence-electron chi connectivity index (χ2n) is 7.97. The van der Waals surface area contributed by atoms with Gasteiger partial charge in [0.1, 0.15) is 0 Å². The summed E-state index contributed by atoms with van der Waals surface area (Å²) in [5.74, 6) is -0.220. The van der Waals surface area contributed by atoms with Crippen LogP contribution in [0.5, 0.6) is 0 Å². The summed E-state index contributed by atoms with van der Waals surface area (Å²) in [6.07, 6.45) is 3.55. The van der Waals surface area contributed by atoms with Crippen molar-refractivity contribution in [3.8, 4) is 11.1 Å². The Kier molecular flexibility index (Phi) is 5.32. The highest BCUT2D eigenvalue weighted by Gasteiger charge is 2.29. The molecule has 0 saturated carbocycles. The number of rotatable bonds is 5. The van der Waals surface area contributed by atoms with Crippen molar-refractivity contribution in [1.82, 2.24) is 9.88 Å². The lowest BCUT2D eigenvalue weighted by Gasteiger charge is -2.16. The van der Waals surface area contributed by atoms with Gasteiger partial charge in [-0.3, -0.25) is 14.6 Å². The molecule has 1 aromatic heterocycles. The highest BCUT2D eigenvalue weighted by molar-refractivity contribution is 6.05. The Hall–Kier alpha value is -4.45. The molecular formula is C27H22N4O2. The maximum Gasteiger partial charge on any atom is 0.255 e. The largest absolute Gasteiger partial charge is 0.397 e. The highest BCUT2D eigenvalue weighted by Crippen LogP contribution is 2.33. The second kappa shape index (κ2) is 8.59. The van der Waals surface area contributed by atoms with Gasteiger partial charge in [-0.2, -0.15) is 0 Å². The number of anilines is 2. The van der Waals surface area contributed by atoms with Crippen molar-refractivity contribution < 1.29 is 9.59 Å². The normalized spacial score (nSPS) is 12.5. The summed E-state index contributed by atoms with van der Waals surface area (Å²) >= 11 is 0. The van der Waals surface area contributed by atoms with E-state index in [0.29, 0.717) is 30.0 Å². The third-order valence-corrected chi connectivity index (χ3v) is 5.81. The molecule has 0 atom stereocenters. The van der Waals surface area contributed by atoms with E-state index in [0.717, 1.165) is 27.8 Å². The zero-order valence-electron chi connectivity index (χ0n) is 17.9. The zero-order chi connectivity index (χ0) is 22.8. The second-order valence-corrected chi connectivity index (χ2v) is 7.97. The van der Waals surface area contributed by atoms with E-state index in [2.05, 4.69) is 10.3 Å². The lowest BCUT2D eigenvalue weighted by atomic mass is 9.98. The Morgan fingerprint density at radius 1 is 0.939 bits per heavy atom. The van der Waals surface area contributed by atoms with E-state index in [4.69, 9.17) is 5.73 Å². The smallest absolute Gasteiger partial charge is 0.255 e. The van der Waals surface area contributed by atoms with E-state index < -0.39 is 0 Å². The minimum atomic E-state index is -0.231. The van der Waals surface area contributed by atoms with Crippen molar-refractivity contribution in [1.29, 1.82) is 0 Å². The number of aromatic nitrogens is 1. The van der Waals surface area contributed by atoms with Crippen LogP contribution in [0.25, 0.3) is 11.1 Å². The van der Waals surface area contributed by atoms with Crippen LogP contribution in [0.1, 0.15) is 31.8 Å². The molecule has 1 aliphatic rings. The number of pyridine rings is 1. The van der Waals surface area contributed by atoms with Gasteiger partial charge in [0.2, 0.25) is 0 Å². The van der Waals surface area contributed by atoms with Gasteiger partial charge >= 0.3 is 0 Å². The number of para-hydroxylation sites is 2. The van der Waals surface area contributed by atoms with Gasteiger partial charge in [-0.1, -0.05) is 42.5 Å². The summed E-state index contributed by atoms with van der Waals surface area (Å²) in [6.45, 7) is 1.00. The fourth-order valence-corrected chi connectivity index (χ4v) is 4.10. The summed E-state index contributed by atoms with van der Waals surface area (Å²) < 4.78 is 0. The molecule has 1 aliphatic heterocycles. The molecule has 162 valence electrons. The van der Waals surface area contributed by atoms with E-state index in [1.54, 1.807) is 30.5 Å². The van der Waals surface area contributed by atoms with Crippen molar-refractivity contribution in [2.75, 3.05) is 11.1 Å². The number of nitrogens with one attached hydrogen (secondary N) is 1. The molecule has 3 aromatic carbocycles. The Labute approximate surface area is 191 Å². The van der Waals surface area contributed by atoms with Crippen LogP contribution in [0.3, 0.4) is 0 Å². The number of amides is 2. The molecular weight excluding hydrogens is 412 g/mol. The first-order chi connectivity index (χ1) is 16.1. The first-order valence-electron chi connectivity index (χ1n) is 10.7. The molecule has 0 aliphatic carbocycles. The maximum atomic E-state index is 13.0. The molecule has 5 rings (SSSR count). The topological polar surface area (TPSA) is 88.3 Å². The monoisotopic (exact) mass is 434 g/mol. The number of nitrogens with zero attached hydrogens (tertiary/aromatic N) is 2. The minimum absolute atomic E-state index is 0.0112. The molecule has 0 fully saturated rings. The van der Waals surface area contributed by atoms with Gasteiger partial charge < -0.3 is 16.0 Å². The fourth-order valence-electron chi connectivity index (χ4n) is 4.10. The number of carbonyl (C=O) groups excluding carboxylic acids is 2. The number of nitrogen functional groups attached to an aromatic ring is 1. The SMILES string of the molecule is Nc1ccccc1NC(=O)c1ccc(CN2Cc3c(cccc3-c3cccnc3)C2=O)cc1. The number of hydrogen-bond acceptors (Lipinski definition) is 4. The number of nitrogens with two attached hydrogens (primary N) is 1. The predicted molar refractivity (Wildman–Crippen MR) is 129 cm³/mol. The van der Waals surface area contributed by atoms with Crippen LogP contribution in [0.15, 0.2) is 91.3 Å². The summed E-state index contributed by atoms with van der Waals surface area (Å²) in [5, 5.41) is 2.83. The Morgan fingerprint density at radius 2 is 1.73 bits per heavy atom. The van der Waals surface area contributed by atoms with E-state index >= 15 is 0 Å². The standard InChI is InChI=1S/C27H22N4O2/c28-24-8-1-2-9-25(24)30-26(32)19-12-10-18(11-13-19)16-31-17-23-21(20-5-4-14-29-15-20)6-3-7-22(23)27(31)33/h1-15H,16-17,28H2,(H,30,32). The van der Waals surface area contributed by atoms with Crippen molar-refractivity contribution in [2.45, 2.75) is 13.1 Å². The third-order valence-electron chi connectivity index (χ3n) is 5.81. The van der Waals surface area contributed by atoms with Gasteiger partial charge in [0, 0.05) is 42.2 Å². The van der Waals surface area contributed by atoms with E-state index in [9.17, 15) is 9.59 Å². The Bertz CT molecular complexity index is 1330. The van der Waals surface area contributed by atoms with Gasteiger partial charge in [0.25, 0.3) is 11.8 Å². The van der Waals surface area contributed by atoms with E-state index in [-0.39, 0.29) is 11.8 Å². The molecule has 6 heteroatoms. The van der Waals surface area contributed by atoms with E-state index in [1.807, 2.05) is 65.7 Å². The lowest BCUT2D eigenvalue weighted by Crippen LogP contribution is -2.23. The molecule has 3 N–H and O–H groups in total. The van der Waals surface area contributed by atoms with Gasteiger partial charge in [-0.25, -0.2) is 0 Å². The van der Waals surface area contributed by atoms with Crippen LogP contribution in [0.2, 0.25) is 0 Å². The lowest BCUT2D eigenvalue weighted by molar-refractivity contribution is 0.0766. The number of carbonyl (C=O) groups is 2. The van der Waals surface area contributed by atoms with Crippen LogP contribution in [-0.2, 0) is 13.1 Å².